The van der Waals surface area contributed by atoms with Crippen LogP contribution in [0.4, 0.5) is 10.5 Å². The average molecular weight is 362 g/mol. The third-order valence-corrected chi connectivity index (χ3v) is 5.84. The molecule has 1 unspecified atom stereocenters. The molecule has 3 amide bonds. The Hall–Kier alpha value is -1.69. The molecule has 2 fully saturated rings. The predicted octanol–water partition coefficient (Wildman–Crippen LogP) is 3.81. The summed E-state index contributed by atoms with van der Waals surface area (Å²) in [6, 6.07) is 8.15. The molecule has 2 aliphatic heterocycles. The molecule has 1 atom stereocenters. The monoisotopic (exact) mass is 361 g/mol. The quantitative estimate of drug-likeness (QED) is 0.812. The molecule has 0 saturated carbocycles. The number of thioether (sulfide) groups is 1. The molecule has 0 aromatic heterocycles. The topological polar surface area (TPSA) is 52.7 Å². The molecule has 0 aliphatic carbocycles. The number of benzene rings is 1. The van der Waals surface area contributed by atoms with Crippen molar-refractivity contribution in [2.24, 2.45) is 0 Å². The highest BCUT2D eigenvalue weighted by atomic mass is 32.2. The van der Waals surface area contributed by atoms with Gasteiger partial charge in [-0.1, -0.05) is 6.07 Å². The summed E-state index contributed by atoms with van der Waals surface area (Å²) in [4.78, 5) is 29.6. The van der Waals surface area contributed by atoms with E-state index in [2.05, 4.69) is 5.32 Å². The lowest BCUT2D eigenvalue weighted by Crippen LogP contribution is -2.47. The predicted molar refractivity (Wildman–Crippen MR) is 102 cm³/mol. The van der Waals surface area contributed by atoms with E-state index in [1.54, 1.807) is 11.8 Å². The van der Waals surface area contributed by atoms with Crippen molar-refractivity contribution in [3.05, 3.63) is 24.3 Å². The Morgan fingerprint density at radius 2 is 2.16 bits per heavy atom. The summed E-state index contributed by atoms with van der Waals surface area (Å²) in [5, 5.41) is 3.05. The van der Waals surface area contributed by atoms with Crippen LogP contribution in [0.5, 0.6) is 0 Å². The molecule has 2 heterocycles. The van der Waals surface area contributed by atoms with E-state index in [-0.39, 0.29) is 18.0 Å². The molecular formula is C19H27N3O2S. The number of piperidine rings is 1. The molecule has 6 heteroatoms. The number of urea groups is 1. The minimum absolute atomic E-state index is 0.0179. The van der Waals surface area contributed by atoms with E-state index in [0.29, 0.717) is 6.42 Å². The van der Waals surface area contributed by atoms with Crippen molar-refractivity contribution < 1.29 is 9.59 Å². The van der Waals surface area contributed by atoms with Gasteiger partial charge < -0.3 is 15.1 Å². The second kappa shape index (κ2) is 8.61. The van der Waals surface area contributed by atoms with E-state index in [4.69, 9.17) is 0 Å². The number of hydrogen-bond donors (Lipinski definition) is 1. The zero-order valence-electron chi connectivity index (χ0n) is 14.9. The van der Waals surface area contributed by atoms with Crippen molar-refractivity contribution in [2.75, 3.05) is 31.2 Å². The van der Waals surface area contributed by atoms with Crippen LogP contribution in [0.2, 0.25) is 0 Å². The first-order valence-corrected chi connectivity index (χ1v) is 10.4. The Bertz CT molecular complexity index is 622. The van der Waals surface area contributed by atoms with E-state index in [9.17, 15) is 9.59 Å². The summed E-state index contributed by atoms with van der Waals surface area (Å²) in [6.45, 7) is 2.45. The van der Waals surface area contributed by atoms with Crippen LogP contribution in [0.1, 0.15) is 38.5 Å². The van der Waals surface area contributed by atoms with E-state index >= 15 is 0 Å². The normalized spacial score (nSPS) is 20.8. The highest BCUT2D eigenvalue weighted by Gasteiger charge is 2.28. The Morgan fingerprint density at radius 3 is 2.92 bits per heavy atom. The van der Waals surface area contributed by atoms with Gasteiger partial charge in [0.1, 0.15) is 0 Å². The summed E-state index contributed by atoms with van der Waals surface area (Å²) in [6.07, 6.45) is 7.80. The molecule has 1 aromatic rings. The summed E-state index contributed by atoms with van der Waals surface area (Å²) >= 11 is 1.67. The second-order valence-electron chi connectivity index (χ2n) is 6.78. The SMILES string of the molecule is CSc1cccc(NC(=O)N2CCCCC2CCN2CCCC2=O)c1. The Morgan fingerprint density at radius 1 is 1.28 bits per heavy atom. The first kappa shape index (κ1) is 18.1. The molecule has 2 aliphatic rings. The smallest absolute Gasteiger partial charge is 0.322 e. The summed E-state index contributed by atoms with van der Waals surface area (Å²) < 4.78 is 0. The van der Waals surface area contributed by atoms with Gasteiger partial charge in [-0.3, -0.25) is 4.79 Å². The van der Waals surface area contributed by atoms with Crippen molar-refractivity contribution in [3.8, 4) is 0 Å². The van der Waals surface area contributed by atoms with Gasteiger partial charge in [0.25, 0.3) is 0 Å². The number of nitrogens with one attached hydrogen (secondary N) is 1. The van der Waals surface area contributed by atoms with Crippen LogP contribution >= 0.6 is 11.8 Å². The number of nitrogens with zero attached hydrogens (tertiary/aromatic N) is 2. The van der Waals surface area contributed by atoms with Gasteiger partial charge in [0.05, 0.1) is 0 Å². The number of anilines is 1. The molecular weight excluding hydrogens is 334 g/mol. The molecule has 1 aromatic carbocycles. The number of likely N-dealkylation sites (tertiary alicyclic amines) is 2. The first-order valence-electron chi connectivity index (χ1n) is 9.17. The standard InChI is InChI=1S/C19H27N3O2S/c1-25-17-8-4-6-15(14-17)20-19(24)22-12-3-2-7-16(22)10-13-21-11-5-9-18(21)23/h4,6,8,14,16H,2-3,5,7,9-13H2,1H3,(H,20,24). The van der Waals surface area contributed by atoms with Gasteiger partial charge >= 0.3 is 6.03 Å². The molecule has 25 heavy (non-hydrogen) atoms. The maximum Gasteiger partial charge on any atom is 0.322 e. The number of hydrogen-bond acceptors (Lipinski definition) is 3. The maximum absolute atomic E-state index is 12.8. The largest absolute Gasteiger partial charge is 0.343 e. The number of carbonyl (C=O) groups excluding carboxylic acids is 2. The summed E-state index contributed by atoms with van der Waals surface area (Å²) in [7, 11) is 0. The Kier molecular flexibility index (Phi) is 6.24. The highest BCUT2D eigenvalue weighted by molar-refractivity contribution is 7.98. The Balaban J connectivity index is 1.59. The molecule has 1 N–H and O–H groups in total. The second-order valence-corrected chi connectivity index (χ2v) is 7.66. The van der Waals surface area contributed by atoms with Crippen molar-refractivity contribution in [3.63, 3.8) is 0 Å². The van der Waals surface area contributed by atoms with Crippen LogP contribution in [0.25, 0.3) is 0 Å². The molecule has 5 nitrogen and oxygen atoms in total. The fourth-order valence-electron chi connectivity index (χ4n) is 3.71. The third kappa shape index (κ3) is 4.69. The summed E-state index contributed by atoms with van der Waals surface area (Å²) in [5.41, 5.74) is 0.843. The van der Waals surface area contributed by atoms with Crippen LogP contribution < -0.4 is 5.32 Å². The number of carbonyl (C=O) groups is 2. The van der Waals surface area contributed by atoms with Crippen LogP contribution in [0.15, 0.2) is 29.2 Å². The van der Waals surface area contributed by atoms with E-state index < -0.39 is 0 Å². The van der Waals surface area contributed by atoms with E-state index in [0.717, 1.165) is 62.3 Å². The fraction of sp³-hybridized carbons (Fsp3) is 0.579. The lowest BCUT2D eigenvalue weighted by Gasteiger charge is -2.36. The van der Waals surface area contributed by atoms with Crippen LogP contribution in [0.3, 0.4) is 0 Å². The zero-order valence-corrected chi connectivity index (χ0v) is 15.7. The Labute approximate surface area is 154 Å². The molecule has 3 rings (SSSR count). The van der Waals surface area contributed by atoms with Crippen molar-refractivity contribution in [1.29, 1.82) is 0 Å². The molecule has 136 valence electrons. The van der Waals surface area contributed by atoms with Gasteiger partial charge in [-0.15, -0.1) is 11.8 Å². The van der Waals surface area contributed by atoms with Crippen LogP contribution in [-0.4, -0.2) is 53.7 Å². The van der Waals surface area contributed by atoms with E-state index in [1.807, 2.05) is 40.3 Å². The molecule has 0 radical (unpaired) electrons. The minimum Gasteiger partial charge on any atom is -0.343 e. The van der Waals surface area contributed by atoms with Gasteiger partial charge in [0.2, 0.25) is 5.91 Å². The van der Waals surface area contributed by atoms with Gasteiger partial charge in [-0.2, -0.15) is 0 Å². The van der Waals surface area contributed by atoms with Crippen molar-refractivity contribution in [1.82, 2.24) is 9.80 Å². The zero-order chi connectivity index (χ0) is 17.6. The average Bonchev–Trinajstić information content (AvgIpc) is 3.05. The lowest BCUT2D eigenvalue weighted by molar-refractivity contribution is -0.127. The van der Waals surface area contributed by atoms with Crippen molar-refractivity contribution >= 4 is 29.4 Å². The van der Waals surface area contributed by atoms with Gasteiger partial charge in [-0.05, 0) is 56.6 Å². The van der Waals surface area contributed by atoms with Gasteiger partial charge in [0, 0.05) is 42.7 Å². The highest BCUT2D eigenvalue weighted by Crippen LogP contribution is 2.24. The molecule has 2 saturated heterocycles. The van der Waals surface area contributed by atoms with Gasteiger partial charge in [-0.25, -0.2) is 4.79 Å². The number of amides is 3. The van der Waals surface area contributed by atoms with E-state index in [1.165, 1.54) is 0 Å². The first-order chi connectivity index (χ1) is 12.2. The van der Waals surface area contributed by atoms with Crippen LogP contribution in [0, 0.1) is 0 Å². The lowest BCUT2D eigenvalue weighted by atomic mass is 9.99. The number of rotatable bonds is 5. The molecule has 0 bridgehead atoms. The minimum atomic E-state index is -0.0179. The van der Waals surface area contributed by atoms with Crippen molar-refractivity contribution in [2.45, 2.75) is 49.5 Å². The summed E-state index contributed by atoms with van der Waals surface area (Å²) in [5.74, 6) is 0.265. The molecule has 0 spiro atoms. The maximum atomic E-state index is 12.8. The fourth-order valence-corrected chi connectivity index (χ4v) is 4.17. The van der Waals surface area contributed by atoms with Gasteiger partial charge in [0.15, 0.2) is 0 Å². The van der Waals surface area contributed by atoms with Crippen LogP contribution in [-0.2, 0) is 4.79 Å². The third-order valence-electron chi connectivity index (χ3n) is 5.11.